The fourth-order valence-corrected chi connectivity index (χ4v) is 10.5. The van der Waals surface area contributed by atoms with E-state index >= 15 is 0 Å². The van der Waals surface area contributed by atoms with Gasteiger partial charge >= 0.3 is 0 Å². The van der Waals surface area contributed by atoms with Crippen LogP contribution in [0.15, 0.2) is 182 Å². The van der Waals surface area contributed by atoms with E-state index in [2.05, 4.69) is 348 Å². The lowest BCUT2D eigenvalue weighted by atomic mass is 9.90. The lowest BCUT2D eigenvalue weighted by molar-refractivity contribution is 0.790. The van der Waals surface area contributed by atoms with Crippen LogP contribution in [0.5, 0.6) is 0 Å². The first kappa shape index (κ1) is 75.9. The van der Waals surface area contributed by atoms with Gasteiger partial charge in [0.2, 0.25) is 0 Å². The third kappa shape index (κ3) is 23.1. The first-order valence-electron chi connectivity index (χ1n) is 32.5. The second-order valence-electron chi connectivity index (χ2n) is 27.3. The largest absolute Gasteiger partial charge is 0.0776 e. The topological polar surface area (TPSA) is 0 Å². The smallest absolute Gasteiger partial charge is 0.0149 e. The number of rotatable bonds is 12. The van der Waals surface area contributed by atoms with Crippen LogP contribution in [0.4, 0.5) is 0 Å². The van der Waals surface area contributed by atoms with E-state index in [1.54, 1.807) is 0 Å². The van der Waals surface area contributed by atoms with E-state index < -0.39 is 0 Å². The average molecular weight is 1160 g/mol. The van der Waals surface area contributed by atoms with Crippen LogP contribution >= 0.6 is 0 Å². The van der Waals surface area contributed by atoms with Gasteiger partial charge in [0.05, 0.1) is 0 Å². The van der Waals surface area contributed by atoms with Crippen molar-refractivity contribution in [1.29, 1.82) is 0 Å². The van der Waals surface area contributed by atoms with Crippen LogP contribution in [0.2, 0.25) is 0 Å². The zero-order valence-corrected chi connectivity index (χ0v) is 57.2. The molecule has 0 spiro atoms. The summed E-state index contributed by atoms with van der Waals surface area (Å²) in [6.07, 6.45) is 0. The summed E-state index contributed by atoms with van der Waals surface area (Å²) in [6, 6.07) is 67.0. The third-order valence-corrected chi connectivity index (χ3v) is 16.4. The van der Waals surface area contributed by atoms with Gasteiger partial charge in [-0.2, -0.15) is 0 Å². The zero-order chi connectivity index (χ0) is 62.5. The van der Waals surface area contributed by atoms with Crippen molar-refractivity contribution < 1.29 is 0 Å². The van der Waals surface area contributed by atoms with Gasteiger partial charge in [0.1, 0.15) is 0 Å². The first-order chi connectivity index (χ1) is 39.6. The summed E-state index contributed by atoms with van der Waals surface area (Å²) in [6.45, 7) is 53.9. The minimum atomic E-state index is 0. The molecule has 9 aromatic rings. The Morgan fingerprint density at radius 1 is 0.163 bits per heavy atom. The van der Waals surface area contributed by atoms with E-state index in [1.807, 2.05) is 0 Å². The maximum Gasteiger partial charge on any atom is -0.0149 e. The fraction of sp³-hybridized carbons (Fsp3) is 0.442. The van der Waals surface area contributed by atoms with Gasteiger partial charge in [-0.3, -0.25) is 0 Å². The number of hydrogen-bond donors (Lipinski definition) is 0. The van der Waals surface area contributed by atoms with Crippen molar-refractivity contribution in [2.24, 2.45) is 0 Å². The molecule has 0 aromatic heterocycles. The van der Waals surface area contributed by atoms with E-state index in [4.69, 9.17) is 0 Å². The van der Waals surface area contributed by atoms with E-state index in [1.165, 1.54) is 99.1 Å². The minimum absolute atomic E-state index is 0. The summed E-state index contributed by atoms with van der Waals surface area (Å²) in [5.74, 6) is 7.45. The molecule has 0 bridgehead atoms. The monoisotopic (exact) mass is 1150 g/mol. The van der Waals surface area contributed by atoms with Crippen LogP contribution < -0.4 is 0 Å². The molecule has 0 heteroatoms. The Bertz CT molecular complexity index is 3190. The average Bonchev–Trinajstić information content (AvgIpc) is 1.61. The van der Waals surface area contributed by atoms with Crippen molar-refractivity contribution in [2.45, 2.75) is 252 Å². The molecule has 9 aromatic carbocycles. The Morgan fingerprint density at radius 3 is 0.826 bits per heavy atom. The molecule has 0 saturated heterocycles. The lowest BCUT2D eigenvalue weighted by Crippen LogP contribution is -1.97. The summed E-state index contributed by atoms with van der Waals surface area (Å²) in [5.41, 5.74) is 17.4. The summed E-state index contributed by atoms with van der Waals surface area (Å²) in [7, 11) is 0. The van der Waals surface area contributed by atoms with Crippen LogP contribution in [0.25, 0.3) is 32.3 Å². The molecular formula is C86H122. The highest BCUT2D eigenvalue weighted by Crippen LogP contribution is 2.32. The van der Waals surface area contributed by atoms with Gasteiger partial charge in [-0.25, -0.2) is 0 Å². The van der Waals surface area contributed by atoms with Gasteiger partial charge in [0.25, 0.3) is 0 Å². The molecular weight excluding hydrogens is 1030 g/mol. The minimum Gasteiger partial charge on any atom is -0.0776 e. The van der Waals surface area contributed by atoms with Crippen LogP contribution in [-0.2, 0) is 0 Å². The first-order valence-corrected chi connectivity index (χ1v) is 32.5. The Hall–Kier alpha value is -6.24. The molecule has 86 heavy (non-hydrogen) atoms. The fourth-order valence-electron chi connectivity index (χ4n) is 10.5. The molecule has 0 nitrogen and oxygen atoms in total. The van der Waals surface area contributed by atoms with Crippen LogP contribution in [0, 0.1) is 0 Å². The van der Waals surface area contributed by atoms with E-state index in [9.17, 15) is 0 Å². The van der Waals surface area contributed by atoms with Crippen LogP contribution in [0.1, 0.15) is 319 Å². The summed E-state index contributed by atoms with van der Waals surface area (Å²) in [5, 5.41) is 8.27. The standard InChI is InChI=1S/3C16H20.3C12H18.2CH4/c1-11(2)14-7-5-13-6-8-15(12(3)4)10-16(13)9-14;1-11(2)13-8-9-16-14(10-13)6-5-7-15(16)12(3)4;1-11(2)14-9-13-7-5-6-8-15(13)16(10-14)12(3)4;1-9(2)11-5-7-12(8-6-11)10(3)4;1-9(2)11-6-5-7-12(8-11)10(3)4;1-9(2)11-7-5-6-8-12(11)10(3)4;;/h3*5-12H,1-4H3;3*5-10H,1-4H3;2*1H4. The van der Waals surface area contributed by atoms with Gasteiger partial charge < -0.3 is 0 Å². The quantitative estimate of drug-likeness (QED) is 0.114. The molecule has 0 aliphatic rings. The second kappa shape index (κ2) is 36.8. The number of benzene rings is 9. The molecule has 0 heterocycles. The molecule has 0 fully saturated rings. The molecule has 0 aliphatic carbocycles. The van der Waals surface area contributed by atoms with E-state index in [0.29, 0.717) is 71.0 Å². The maximum atomic E-state index is 2.37. The van der Waals surface area contributed by atoms with E-state index in [-0.39, 0.29) is 14.9 Å². The van der Waals surface area contributed by atoms with Gasteiger partial charge in [-0.05, 0) is 170 Å². The molecule has 0 saturated carbocycles. The van der Waals surface area contributed by atoms with Gasteiger partial charge in [0, 0.05) is 0 Å². The second-order valence-corrected chi connectivity index (χ2v) is 27.3. The molecule has 466 valence electrons. The number of hydrogen-bond acceptors (Lipinski definition) is 0. The van der Waals surface area contributed by atoms with Gasteiger partial charge in [-0.15, -0.1) is 0 Å². The maximum absolute atomic E-state index is 2.37. The molecule has 9 rings (SSSR count). The number of fused-ring (bicyclic) bond motifs is 3. The van der Waals surface area contributed by atoms with Crippen LogP contribution in [0.3, 0.4) is 0 Å². The van der Waals surface area contributed by atoms with Crippen molar-refractivity contribution in [3.63, 3.8) is 0 Å². The Morgan fingerprint density at radius 2 is 0.442 bits per heavy atom. The van der Waals surface area contributed by atoms with Crippen molar-refractivity contribution in [1.82, 2.24) is 0 Å². The molecule has 0 atom stereocenters. The van der Waals surface area contributed by atoms with Crippen molar-refractivity contribution in [2.75, 3.05) is 0 Å². The summed E-state index contributed by atoms with van der Waals surface area (Å²) < 4.78 is 0. The summed E-state index contributed by atoms with van der Waals surface area (Å²) >= 11 is 0. The zero-order valence-electron chi connectivity index (χ0n) is 57.2. The SMILES string of the molecule is C.C.CC(C)c1cc(C(C)C)c2ccccc2c1.CC(C)c1ccc(C(C)C)cc1.CC(C)c1ccc2c(C(C)C)cccc2c1.CC(C)c1ccc2ccc(C(C)C)cc2c1.CC(C)c1cccc(C(C)C)c1.CC(C)c1ccccc1C(C)C. The molecule has 0 unspecified atom stereocenters. The molecule has 0 amide bonds. The normalized spacial score (nSPS) is 11.2. The van der Waals surface area contributed by atoms with Gasteiger partial charge in [0.15, 0.2) is 0 Å². The van der Waals surface area contributed by atoms with Crippen LogP contribution in [-0.4, -0.2) is 0 Å². The highest BCUT2D eigenvalue weighted by Gasteiger charge is 2.12. The highest BCUT2D eigenvalue weighted by molar-refractivity contribution is 5.88. The Labute approximate surface area is 530 Å². The third-order valence-electron chi connectivity index (χ3n) is 16.4. The molecule has 0 N–H and O–H groups in total. The Balaban J connectivity index is 0.000000352. The highest BCUT2D eigenvalue weighted by atomic mass is 14.2. The molecule has 0 radical (unpaired) electrons. The van der Waals surface area contributed by atoms with Gasteiger partial charge in [-0.1, -0.05) is 363 Å². The predicted octanol–water partition coefficient (Wildman–Crippen LogP) is 28.3. The van der Waals surface area contributed by atoms with Crippen molar-refractivity contribution >= 4 is 32.3 Å². The van der Waals surface area contributed by atoms with E-state index in [0.717, 1.165) is 0 Å². The lowest BCUT2D eigenvalue weighted by Gasteiger charge is -2.14. The van der Waals surface area contributed by atoms with Crippen molar-refractivity contribution in [3.05, 3.63) is 249 Å². The molecule has 0 aliphatic heterocycles. The predicted molar refractivity (Wildman–Crippen MR) is 394 cm³/mol. The van der Waals surface area contributed by atoms with Crippen molar-refractivity contribution in [3.8, 4) is 0 Å². The summed E-state index contributed by atoms with van der Waals surface area (Å²) in [4.78, 5) is 0. The Kier molecular flexibility index (Phi) is 32.5.